The third-order valence-electron chi connectivity index (χ3n) is 6.99. The van der Waals surface area contributed by atoms with Crippen LogP contribution in [0.3, 0.4) is 0 Å². The maximum atomic E-state index is 12.0. The van der Waals surface area contributed by atoms with Gasteiger partial charge in [-0.1, -0.05) is 0 Å². The van der Waals surface area contributed by atoms with Crippen molar-refractivity contribution in [3.8, 4) is 11.5 Å². The van der Waals surface area contributed by atoms with Gasteiger partial charge in [0.1, 0.15) is 22.8 Å². The van der Waals surface area contributed by atoms with Gasteiger partial charge in [-0.05, 0) is 45.6 Å². The number of piperidine rings is 4. The Morgan fingerprint density at radius 3 is 1.84 bits per heavy atom. The summed E-state index contributed by atoms with van der Waals surface area (Å²) < 4.78 is 5.92. The van der Waals surface area contributed by atoms with E-state index in [-0.39, 0.29) is 41.1 Å². The lowest BCUT2D eigenvalue weighted by molar-refractivity contribution is -0.157. The molecule has 4 saturated heterocycles. The molecule has 2 aromatic heterocycles. The molecule has 2 saturated carbocycles. The lowest BCUT2D eigenvalue weighted by atomic mass is 9.64. The molecule has 4 aliphatic heterocycles. The molecule has 4 bridgehead atoms. The van der Waals surface area contributed by atoms with Crippen LogP contribution in [-0.4, -0.2) is 43.9 Å². The Morgan fingerprint density at radius 1 is 0.838 bits per heavy atom. The van der Waals surface area contributed by atoms with Crippen LogP contribution in [0.15, 0.2) is 38.3 Å². The smallest absolute Gasteiger partial charge is 0.339 e. The number of hydrogen-bond acceptors (Lipinski definition) is 10. The van der Waals surface area contributed by atoms with Crippen LogP contribution in [0, 0.1) is 25.7 Å². The Morgan fingerprint density at radius 2 is 1.38 bits per heavy atom. The molecule has 6 N–H and O–H groups in total. The van der Waals surface area contributed by atoms with Gasteiger partial charge < -0.3 is 20.4 Å². The van der Waals surface area contributed by atoms with E-state index in [2.05, 4.69) is 15.1 Å². The lowest BCUT2D eigenvalue weighted by Gasteiger charge is -2.50. The van der Waals surface area contributed by atoms with Crippen LogP contribution < -0.4 is 27.6 Å². The van der Waals surface area contributed by atoms with Crippen molar-refractivity contribution < 1.29 is 33.8 Å². The van der Waals surface area contributed by atoms with E-state index in [1.54, 1.807) is 13.8 Å². The fourth-order valence-corrected chi connectivity index (χ4v) is 5.09. The molecule has 13 nitrogen and oxygen atoms in total. The van der Waals surface area contributed by atoms with Gasteiger partial charge in [0, 0.05) is 29.7 Å². The fourth-order valence-electron chi connectivity index (χ4n) is 5.09. The molecule has 0 aromatic carbocycles. The molecular formula is C24H26N4O9. The highest BCUT2D eigenvalue weighted by Crippen LogP contribution is 2.47. The lowest BCUT2D eigenvalue weighted by Crippen LogP contribution is -2.70. The Balaban J connectivity index is 0.000000143. The molecular weight excluding hydrogens is 488 g/mol. The van der Waals surface area contributed by atoms with Gasteiger partial charge in [0.25, 0.3) is 11.5 Å². The molecule has 4 amide bonds. The van der Waals surface area contributed by atoms with Gasteiger partial charge in [-0.25, -0.2) is 4.79 Å². The third-order valence-corrected chi connectivity index (χ3v) is 6.99. The Kier molecular flexibility index (Phi) is 6.28. The second-order valence-electron chi connectivity index (χ2n) is 9.81. The fraction of sp³-hybridized carbons (Fsp3) is 0.417. The summed E-state index contributed by atoms with van der Waals surface area (Å²) in [7, 11) is 0. The summed E-state index contributed by atoms with van der Waals surface area (Å²) in [6.07, 6.45) is 1.81. The molecule has 37 heavy (non-hydrogen) atoms. The first-order valence-corrected chi connectivity index (χ1v) is 11.5. The summed E-state index contributed by atoms with van der Waals surface area (Å²) in [6, 6.07) is 4.92. The number of rotatable bonds is 1. The average Bonchev–Trinajstić information content (AvgIpc) is 2.69. The number of carbonyl (C=O) groups excluding carboxylic acids is 4. The SMILES string of the molecule is Cc1cc(O)cc(=O)n1C12CC(C1)C(=O)NC2=O.Cc1cc(O)cc(=O)o1.NC12CC(C1)C(=O)NC2=O. The van der Waals surface area contributed by atoms with Crippen LogP contribution in [0.1, 0.15) is 37.1 Å². The van der Waals surface area contributed by atoms with Crippen molar-refractivity contribution in [3.05, 3.63) is 56.5 Å². The van der Waals surface area contributed by atoms with Gasteiger partial charge in [-0.15, -0.1) is 0 Å². The minimum Gasteiger partial charge on any atom is -0.508 e. The van der Waals surface area contributed by atoms with E-state index < -0.39 is 28.2 Å². The van der Waals surface area contributed by atoms with Crippen LogP contribution in [-0.2, 0) is 24.7 Å². The maximum Gasteiger partial charge on any atom is 0.339 e. The van der Waals surface area contributed by atoms with Gasteiger partial charge in [0.05, 0.1) is 11.6 Å². The van der Waals surface area contributed by atoms with Crippen LogP contribution in [0.25, 0.3) is 0 Å². The minimum absolute atomic E-state index is 0.00250. The molecule has 0 unspecified atom stereocenters. The number of aromatic nitrogens is 1. The number of carbonyl (C=O) groups is 4. The number of hydrogen-bond donors (Lipinski definition) is 5. The highest BCUT2D eigenvalue weighted by atomic mass is 16.4. The maximum absolute atomic E-state index is 12.0. The number of pyridine rings is 1. The molecule has 0 radical (unpaired) electrons. The second-order valence-corrected chi connectivity index (χ2v) is 9.81. The number of aromatic hydroxyl groups is 2. The summed E-state index contributed by atoms with van der Waals surface area (Å²) in [6.45, 7) is 3.26. The number of aryl methyl sites for hydroxylation is 2. The summed E-state index contributed by atoms with van der Waals surface area (Å²) in [5.41, 5.74) is 3.50. The zero-order valence-corrected chi connectivity index (χ0v) is 20.1. The molecule has 196 valence electrons. The highest BCUT2D eigenvalue weighted by Gasteiger charge is 2.59. The molecule has 0 spiro atoms. The Labute approximate surface area is 209 Å². The molecule has 6 aliphatic rings. The molecule has 2 aromatic rings. The summed E-state index contributed by atoms with van der Waals surface area (Å²) in [4.78, 5) is 67.4. The summed E-state index contributed by atoms with van der Waals surface area (Å²) in [5, 5.41) is 22.6. The average molecular weight is 514 g/mol. The van der Waals surface area contributed by atoms with Crippen LogP contribution in [0.4, 0.5) is 0 Å². The zero-order valence-electron chi connectivity index (χ0n) is 20.1. The quantitative estimate of drug-likeness (QED) is 0.294. The van der Waals surface area contributed by atoms with Crippen molar-refractivity contribution in [2.24, 2.45) is 17.6 Å². The summed E-state index contributed by atoms with van der Waals surface area (Å²) >= 11 is 0. The molecule has 0 atom stereocenters. The Hall–Kier alpha value is -4.26. The van der Waals surface area contributed by atoms with Gasteiger partial charge in [-0.3, -0.25) is 39.2 Å². The molecule has 6 fully saturated rings. The third kappa shape index (κ3) is 4.65. The van der Waals surface area contributed by atoms with E-state index in [0.717, 1.165) is 12.1 Å². The van der Waals surface area contributed by atoms with E-state index in [4.69, 9.17) is 10.8 Å². The standard InChI is InChI=1S/C12H12N2O4.C6H8N2O2.C6H6O3/c1-6-2-8(15)3-9(16)14(6)12-4-7(5-12)10(17)13-11(12)18;7-6-1-3(2-6)4(9)8-5(6)10;1-4-2-5(7)3-6(8)9-4/h2-3,7,15H,4-5H2,1H3,(H,13,17,18);3H,1-2,7H2,(H,8,9,10);2-3,7H,1H3. The number of amides is 4. The molecule has 2 aliphatic carbocycles. The second kappa shape index (κ2) is 9.00. The Bertz CT molecular complexity index is 1410. The summed E-state index contributed by atoms with van der Waals surface area (Å²) in [5.74, 6) is -1.09. The predicted molar refractivity (Wildman–Crippen MR) is 125 cm³/mol. The van der Waals surface area contributed by atoms with Crippen molar-refractivity contribution in [1.29, 1.82) is 0 Å². The van der Waals surface area contributed by atoms with Crippen molar-refractivity contribution >= 4 is 23.6 Å². The first-order valence-electron chi connectivity index (χ1n) is 11.5. The first kappa shape index (κ1) is 25.8. The van der Waals surface area contributed by atoms with E-state index in [1.807, 2.05) is 0 Å². The predicted octanol–water partition coefficient (Wildman–Crippen LogP) is -0.972. The zero-order chi connectivity index (χ0) is 27.3. The van der Waals surface area contributed by atoms with Gasteiger partial charge in [0.15, 0.2) is 0 Å². The van der Waals surface area contributed by atoms with Crippen molar-refractivity contribution in [2.75, 3.05) is 0 Å². The van der Waals surface area contributed by atoms with Gasteiger partial charge in [0.2, 0.25) is 17.7 Å². The monoisotopic (exact) mass is 514 g/mol. The molecule has 13 heteroatoms. The van der Waals surface area contributed by atoms with Crippen molar-refractivity contribution in [3.63, 3.8) is 0 Å². The number of fused-ring (bicyclic) bond motifs is 4. The van der Waals surface area contributed by atoms with Crippen LogP contribution in [0.2, 0.25) is 0 Å². The number of nitrogens with one attached hydrogen (secondary N) is 2. The van der Waals surface area contributed by atoms with E-state index >= 15 is 0 Å². The molecule has 8 rings (SSSR count). The van der Waals surface area contributed by atoms with E-state index in [1.165, 1.54) is 16.7 Å². The normalized spacial score (nSPS) is 28.7. The van der Waals surface area contributed by atoms with Crippen molar-refractivity contribution in [1.82, 2.24) is 15.2 Å². The van der Waals surface area contributed by atoms with Crippen molar-refractivity contribution in [2.45, 2.75) is 50.6 Å². The van der Waals surface area contributed by atoms with E-state index in [9.17, 15) is 33.9 Å². The van der Waals surface area contributed by atoms with Gasteiger partial charge in [-0.2, -0.15) is 0 Å². The number of imide groups is 2. The minimum atomic E-state index is -0.951. The number of nitrogens with two attached hydrogens (primary N) is 1. The largest absolute Gasteiger partial charge is 0.508 e. The van der Waals surface area contributed by atoms with Gasteiger partial charge >= 0.3 is 5.63 Å². The highest BCUT2D eigenvalue weighted by molar-refractivity contribution is 6.07. The number of nitrogens with zero attached hydrogens (tertiary/aromatic N) is 1. The molecule has 6 heterocycles. The van der Waals surface area contributed by atoms with Crippen LogP contribution >= 0.6 is 0 Å². The topological polar surface area (TPSA) is 211 Å². The first-order chi connectivity index (χ1) is 17.2. The van der Waals surface area contributed by atoms with E-state index in [0.29, 0.717) is 37.1 Å². The van der Waals surface area contributed by atoms with Crippen LogP contribution in [0.5, 0.6) is 11.5 Å².